The van der Waals surface area contributed by atoms with E-state index < -0.39 is 0 Å². The third-order valence-corrected chi connectivity index (χ3v) is 5.09. The second-order valence-corrected chi connectivity index (χ2v) is 7.71. The summed E-state index contributed by atoms with van der Waals surface area (Å²) in [6.07, 6.45) is 13.5. The number of unbranched alkanes of at least 4 members (excludes halogenated alkanes) is 3. The summed E-state index contributed by atoms with van der Waals surface area (Å²) < 4.78 is 0. The van der Waals surface area contributed by atoms with Crippen LogP contribution in [0.2, 0.25) is 0 Å². The van der Waals surface area contributed by atoms with Crippen LogP contribution in [0.25, 0.3) is 0 Å². The Balaban J connectivity index is 3.15. The number of hydrogen-bond donors (Lipinski definition) is 5. The van der Waals surface area contributed by atoms with Gasteiger partial charge in [0.1, 0.15) is 0 Å². The Morgan fingerprint density at radius 2 is 1.07 bits per heavy atom. The lowest BCUT2D eigenvalue weighted by molar-refractivity contribution is -0.898. The summed E-state index contributed by atoms with van der Waals surface area (Å²) in [7, 11) is 0. The van der Waals surface area contributed by atoms with Crippen LogP contribution in [0.5, 0.6) is 0 Å². The van der Waals surface area contributed by atoms with Crippen LogP contribution < -0.4 is 26.2 Å². The van der Waals surface area contributed by atoms with Crippen LogP contribution in [0.3, 0.4) is 0 Å². The van der Waals surface area contributed by atoms with Gasteiger partial charge < -0.3 is 26.2 Å². The molecular formula is C23H52N5+. The van der Waals surface area contributed by atoms with Crippen molar-refractivity contribution in [2.45, 2.75) is 65.7 Å². The molecular weight excluding hydrogens is 346 g/mol. The maximum absolute atomic E-state index is 3.59. The minimum Gasteiger partial charge on any atom is -0.335 e. The summed E-state index contributed by atoms with van der Waals surface area (Å²) in [5.41, 5.74) is 0. The normalized spacial score (nSPS) is 12.8. The van der Waals surface area contributed by atoms with Crippen molar-refractivity contribution in [1.29, 1.82) is 0 Å². The molecule has 0 heterocycles. The van der Waals surface area contributed by atoms with Gasteiger partial charge in [-0.2, -0.15) is 0 Å². The Hall–Kier alpha value is -0.460. The minimum absolute atomic E-state index is 0.989. The van der Waals surface area contributed by atoms with Crippen LogP contribution in [0, 0.1) is 0 Å². The SMILES string of the molecule is CCC[NH+](CC)CCCCNCCCCNCC=CCNCCCCNCC. The van der Waals surface area contributed by atoms with Gasteiger partial charge in [-0.1, -0.05) is 26.0 Å². The zero-order valence-corrected chi connectivity index (χ0v) is 19.4. The van der Waals surface area contributed by atoms with E-state index in [4.69, 9.17) is 0 Å². The molecule has 0 aliphatic rings. The average Bonchev–Trinajstić information content (AvgIpc) is 2.71. The van der Waals surface area contributed by atoms with E-state index in [0.717, 1.165) is 45.8 Å². The predicted molar refractivity (Wildman–Crippen MR) is 126 cm³/mol. The van der Waals surface area contributed by atoms with Crippen LogP contribution in [-0.2, 0) is 0 Å². The molecule has 5 nitrogen and oxygen atoms in total. The molecule has 0 aromatic carbocycles. The van der Waals surface area contributed by atoms with Gasteiger partial charge in [0.05, 0.1) is 19.6 Å². The van der Waals surface area contributed by atoms with Crippen molar-refractivity contribution in [3.05, 3.63) is 12.2 Å². The Morgan fingerprint density at radius 1 is 0.571 bits per heavy atom. The topological polar surface area (TPSA) is 52.6 Å². The summed E-state index contributed by atoms with van der Waals surface area (Å²) in [6.45, 7) is 19.5. The van der Waals surface area contributed by atoms with Gasteiger partial charge in [0.25, 0.3) is 0 Å². The molecule has 1 unspecified atom stereocenters. The number of hydrogen-bond acceptors (Lipinski definition) is 4. The van der Waals surface area contributed by atoms with Crippen LogP contribution in [0.4, 0.5) is 0 Å². The minimum atomic E-state index is 0.989. The molecule has 0 rings (SSSR count). The van der Waals surface area contributed by atoms with Crippen molar-refractivity contribution >= 4 is 0 Å². The first-order chi connectivity index (χ1) is 13.8. The van der Waals surface area contributed by atoms with Gasteiger partial charge in [-0.3, -0.25) is 0 Å². The molecule has 0 amide bonds. The predicted octanol–water partition coefficient (Wildman–Crippen LogP) is 1.58. The molecule has 0 aromatic heterocycles. The lowest BCUT2D eigenvalue weighted by atomic mass is 10.2. The molecule has 0 aliphatic carbocycles. The summed E-state index contributed by atoms with van der Waals surface area (Å²) in [5, 5.41) is 13.9. The summed E-state index contributed by atoms with van der Waals surface area (Å²) in [6, 6.07) is 0. The quantitative estimate of drug-likeness (QED) is 0.134. The standard InChI is InChI=1S/C23H51N5/c1-4-22-28(6-3)23-14-13-21-27-20-12-11-19-26-18-10-9-17-25-16-8-7-15-24-5-2/h9-10,24-27H,4-8,11-23H2,1-3H3/p+1. The van der Waals surface area contributed by atoms with Gasteiger partial charge in [0.2, 0.25) is 0 Å². The molecule has 0 aromatic rings. The highest BCUT2D eigenvalue weighted by Crippen LogP contribution is 1.87. The number of nitrogens with one attached hydrogen (secondary N) is 5. The van der Waals surface area contributed by atoms with E-state index in [0.29, 0.717) is 0 Å². The summed E-state index contributed by atoms with van der Waals surface area (Å²) in [4.78, 5) is 1.76. The van der Waals surface area contributed by atoms with Gasteiger partial charge in [-0.25, -0.2) is 0 Å². The molecule has 5 N–H and O–H groups in total. The molecule has 0 aliphatic heterocycles. The first-order valence-electron chi connectivity index (χ1n) is 12.2. The molecule has 168 valence electrons. The Kier molecular flexibility index (Phi) is 24.2. The van der Waals surface area contributed by atoms with Crippen molar-refractivity contribution in [2.24, 2.45) is 0 Å². The van der Waals surface area contributed by atoms with E-state index >= 15 is 0 Å². The third kappa shape index (κ3) is 21.8. The first-order valence-corrected chi connectivity index (χ1v) is 12.2. The lowest BCUT2D eigenvalue weighted by Gasteiger charge is -2.16. The molecule has 28 heavy (non-hydrogen) atoms. The van der Waals surface area contributed by atoms with Crippen LogP contribution in [0.15, 0.2) is 12.2 Å². The first kappa shape index (κ1) is 27.5. The van der Waals surface area contributed by atoms with Crippen molar-refractivity contribution in [2.75, 3.05) is 72.0 Å². The fourth-order valence-electron chi connectivity index (χ4n) is 3.30. The van der Waals surface area contributed by atoms with Gasteiger partial charge in [-0.15, -0.1) is 0 Å². The van der Waals surface area contributed by atoms with Crippen molar-refractivity contribution in [3.8, 4) is 0 Å². The molecule has 0 fully saturated rings. The van der Waals surface area contributed by atoms with Crippen LogP contribution >= 0.6 is 0 Å². The zero-order chi connectivity index (χ0) is 20.5. The monoisotopic (exact) mass is 398 g/mol. The largest absolute Gasteiger partial charge is 0.335 e. The van der Waals surface area contributed by atoms with E-state index in [1.807, 2.05) is 0 Å². The molecule has 1 atom stereocenters. The smallest absolute Gasteiger partial charge is 0.0771 e. The molecule has 0 spiro atoms. The van der Waals surface area contributed by atoms with E-state index in [1.165, 1.54) is 71.1 Å². The molecule has 0 bridgehead atoms. The van der Waals surface area contributed by atoms with E-state index in [9.17, 15) is 0 Å². The van der Waals surface area contributed by atoms with Crippen LogP contribution in [0.1, 0.15) is 65.7 Å². The average molecular weight is 399 g/mol. The van der Waals surface area contributed by atoms with Gasteiger partial charge >= 0.3 is 0 Å². The van der Waals surface area contributed by atoms with Crippen molar-refractivity contribution in [3.63, 3.8) is 0 Å². The van der Waals surface area contributed by atoms with E-state index in [2.05, 4.69) is 54.2 Å². The highest BCUT2D eigenvalue weighted by molar-refractivity contribution is 4.85. The van der Waals surface area contributed by atoms with Crippen molar-refractivity contribution < 1.29 is 4.90 Å². The van der Waals surface area contributed by atoms with Gasteiger partial charge in [-0.05, 0) is 91.1 Å². The second kappa shape index (κ2) is 24.6. The maximum atomic E-state index is 3.59. The van der Waals surface area contributed by atoms with E-state index in [-0.39, 0.29) is 0 Å². The Morgan fingerprint density at radius 3 is 1.57 bits per heavy atom. The summed E-state index contributed by atoms with van der Waals surface area (Å²) in [5.74, 6) is 0. The van der Waals surface area contributed by atoms with Gasteiger partial charge in [0, 0.05) is 13.1 Å². The fourth-order valence-corrected chi connectivity index (χ4v) is 3.30. The van der Waals surface area contributed by atoms with Crippen LogP contribution in [-0.4, -0.2) is 72.0 Å². The number of rotatable bonds is 23. The molecule has 0 saturated carbocycles. The zero-order valence-electron chi connectivity index (χ0n) is 19.4. The third-order valence-electron chi connectivity index (χ3n) is 5.09. The van der Waals surface area contributed by atoms with Gasteiger partial charge in [0.15, 0.2) is 0 Å². The molecule has 5 heteroatoms. The molecule has 0 saturated heterocycles. The Bertz CT molecular complexity index is 309. The highest BCUT2D eigenvalue weighted by atomic mass is 15.1. The number of quaternary nitrogens is 1. The Labute approximate surface area is 176 Å². The lowest BCUT2D eigenvalue weighted by Crippen LogP contribution is -3.11. The highest BCUT2D eigenvalue weighted by Gasteiger charge is 2.02. The molecule has 0 radical (unpaired) electrons. The summed E-state index contributed by atoms with van der Waals surface area (Å²) >= 11 is 0. The maximum Gasteiger partial charge on any atom is 0.0771 e. The second-order valence-electron chi connectivity index (χ2n) is 7.71. The van der Waals surface area contributed by atoms with E-state index in [1.54, 1.807) is 4.90 Å². The fraction of sp³-hybridized carbons (Fsp3) is 0.913. The van der Waals surface area contributed by atoms with Crippen molar-refractivity contribution in [1.82, 2.24) is 21.3 Å².